The highest BCUT2D eigenvalue weighted by Gasteiger charge is 2.28. The third kappa shape index (κ3) is 5.41. The van der Waals surface area contributed by atoms with Crippen molar-refractivity contribution < 1.29 is 23.9 Å². The summed E-state index contributed by atoms with van der Waals surface area (Å²) >= 11 is 0. The molecule has 2 aliphatic rings. The molecule has 6 nitrogen and oxygen atoms in total. The first kappa shape index (κ1) is 25.8. The number of ketones is 2. The Morgan fingerprint density at radius 3 is 2.53 bits per heavy atom. The van der Waals surface area contributed by atoms with Crippen LogP contribution < -0.4 is 5.32 Å². The quantitative estimate of drug-likeness (QED) is 0.507. The molecule has 1 fully saturated rings. The molecule has 0 aromatic heterocycles. The van der Waals surface area contributed by atoms with E-state index >= 15 is 0 Å². The number of carboxylic acids is 1. The number of carbonyl (C=O) groups excluding carboxylic acids is 2. The number of hydrogen-bond acceptors (Lipinski definition) is 5. The van der Waals surface area contributed by atoms with Crippen LogP contribution in [0.15, 0.2) is 29.8 Å². The van der Waals surface area contributed by atoms with Gasteiger partial charge in [-0.3, -0.25) is 14.5 Å². The van der Waals surface area contributed by atoms with Gasteiger partial charge >= 0.3 is 5.97 Å². The van der Waals surface area contributed by atoms with Gasteiger partial charge in [0, 0.05) is 38.2 Å². The summed E-state index contributed by atoms with van der Waals surface area (Å²) in [5.74, 6) is -2.09. The van der Waals surface area contributed by atoms with E-state index in [1.807, 2.05) is 7.05 Å². The molecule has 0 atom stereocenters. The minimum atomic E-state index is -1.01. The summed E-state index contributed by atoms with van der Waals surface area (Å²) in [4.78, 5) is 40.3. The third-order valence-corrected chi connectivity index (χ3v) is 7.52. The van der Waals surface area contributed by atoms with Gasteiger partial charge in [0.05, 0.1) is 11.1 Å². The van der Waals surface area contributed by atoms with Crippen LogP contribution in [0, 0.1) is 12.7 Å². The van der Waals surface area contributed by atoms with E-state index in [2.05, 4.69) is 10.2 Å². The molecule has 2 N–H and O–H groups in total. The van der Waals surface area contributed by atoms with Crippen LogP contribution in [-0.2, 0) is 29.0 Å². The molecule has 0 heterocycles. The number of rotatable bonds is 8. The first-order chi connectivity index (χ1) is 17.2. The number of nitrogens with zero attached hydrogens (tertiary/aromatic N) is 1. The van der Waals surface area contributed by atoms with Gasteiger partial charge in [0.2, 0.25) is 0 Å². The first-order valence-corrected chi connectivity index (χ1v) is 12.5. The van der Waals surface area contributed by atoms with Crippen molar-refractivity contribution in [2.75, 3.05) is 19.4 Å². The number of carboxylic acid groups (broad SMARTS) is 1. The van der Waals surface area contributed by atoms with E-state index < -0.39 is 11.8 Å². The van der Waals surface area contributed by atoms with Gasteiger partial charge < -0.3 is 10.4 Å². The van der Waals surface area contributed by atoms with Crippen molar-refractivity contribution in [3.63, 3.8) is 0 Å². The fourth-order valence-corrected chi connectivity index (χ4v) is 5.52. The molecule has 190 valence electrons. The van der Waals surface area contributed by atoms with E-state index in [4.69, 9.17) is 0 Å². The second-order valence-corrected chi connectivity index (χ2v) is 9.97. The molecule has 2 aliphatic carbocycles. The molecule has 0 amide bonds. The Kier molecular flexibility index (Phi) is 7.69. The molecule has 0 bridgehead atoms. The molecule has 0 radical (unpaired) electrons. The van der Waals surface area contributed by atoms with Crippen LogP contribution in [0.4, 0.5) is 10.1 Å². The van der Waals surface area contributed by atoms with Crippen molar-refractivity contribution in [2.24, 2.45) is 0 Å². The minimum Gasteiger partial charge on any atom is -0.478 e. The van der Waals surface area contributed by atoms with E-state index in [1.165, 1.54) is 37.5 Å². The molecule has 4 rings (SSSR count). The summed E-state index contributed by atoms with van der Waals surface area (Å²) in [5, 5.41) is 12.5. The topological polar surface area (TPSA) is 86.7 Å². The van der Waals surface area contributed by atoms with Crippen LogP contribution in [0.3, 0.4) is 0 Å². The minimum absolute atomic E-state index is 0.0132. The average molecular weight is 493 g/mol. The molecule has 0 spiro atoms. The number of carbonyl (C=O) groups is 3. The lowest BCUT2D eigenvalue weighted by molar-refractivity contribution is -0.120. The zero-order valence-corrected chi connectivity index (χ0v) is 21.1. The molecule has 7 heteroatoms. The highest BCUT2D eigenvalue weighted by molar-refractivity contribution is 6.25. The second kappa shape index (κ2) is 10.7. The SMILES string of the molecule is CNc1cc(F)cc2c1CC(=O)C(C(=O)Cc1c(C)cc(C(=O)O)cc1CN(C)C1CCCCC1)=C2. The lowest BCUT2D eigenvalue weighted by atomic mass is 9.85. The maximum atomic E-state index is 14.1. The molecule has 1 saturated carbocycles. The predicted octanol–water partition coefficient (Wildman–Crippen LogP) is 4.96. The molecular formula is C29H33FN2O4. The number of fused-ring (bicyclic) bond motifs is 1. The summed E-state index contributed by atoms with van der Waals surface area (Å²) in [6.45, 7) is 2.34. The smallest absolute Gasteiger partial charge is 0.335 e. The Morgan fingerprint density at radius 1 is 1.14 bits per heavy atom. The Morgan fingerprint density at radius 2 is 1.86 bits per heavy atom. The number of anilines is 1. The summed E-state index contributed by atoms with van der Waals surface area (Å²) in [5.41, 5.74) is 4.24. The molecular weight excluding hydrogens is 459 g/mol. The predicted molar refractivity (Wildman–Crippen MR) is 138 cm³/mol. The highest BCUT2D eigenvalue weighted by atomic mass is 19.1. The zero-order valence-electron chi connectivity index (χ0n) is 21.1. The number of aryl methyl sites for hydroxylation is 1. The van der Waals surface area contributed by atoms with Crippen LogP contribution in [0.2, 0.25) is 0 Å². The van der Waals surface area contributed by atoms with Gasteiger partial charge in [-0.2, -0.15) is 0 Å². The third-order valence-electron chi connectivity index (χ3n) is 7.52. The van der Waals surface area contributed by atoms with Crippen molar-refractivity contribution >= 4 is 29.3 Å². The summed E-state index contributed by atoms with van der Waals surface area (Å²) in [6.07, 6.45) is 7.32. The number of hydrogen-bond donors (Lipinski definition) is 2. The molecule has 0 saturated heterocycles. The van der Waals surface area contributed by atoms with Gasteiger partial charge in [0.15, 0.2) is 11.6 Å². The lowest BCUT2D eigenvalue weighted by Crippen LogP contribution is -2.33. The first-order valence-electron chi connectivity index (χ1n) is 12.5. The summed E-state index contributed by atoms with van der Waals surface area (Å²) < 4.78 is 14.1. The van der Waals surface area contributed by atoms with Gasteiger partial charge in [-0.25, -0.2) is 9.18 Å². The molecule has 36 heavy (non-hydrogen) atoms. The number of nitrogens with one attached hydrogen (secondary N) is 1. The van der Waals surface area contributed by atoms with Crippen LogP contribution in [0.1, 0.15) is 70.3 Å². The van der Waals surface area contributed by atoms with Crippen LogP contribution in [0.5, 0.6) is 0 Å². The number of halogens is 1. The van der Waals surface area contributed by atoms with Crippen molar-refractivity contribution in [1.82, 2.24) is 4.90 Å². The van der Waals surface area contributed by atoms with E-state index in [0.717, 1.165) is 24.0 Å². The Hall–Kier alpha value is -3.32. The summed E-state index contributed by atoms with van der Waals surface area (Å²) in [7, 11) is 3.71. The zero-order chi connectivity index (χ0) is 26.0. The average Bonchev–Trinajstić information content (AvgIpc) is 2.85. The van der Waals surface area contributed by atoms with Crippen molar-refractivity contribution in [1.29, 1.82) is 0 Å². The Balaban J connectivity index is 1.66. The van der Waals surface area contributed by atoms with Crippen molar-refractivity contribution in [2.45, 2.75) is 64.5 Å². The largest absolute Gasteiger partial charge is 0.478 e. The molecule has 2 aromatic rings. The lowest BCUT2D eigenvalue weighted by Gasteiger charge is -2.32. The molecule has 0 aliphatic heterocycles. The molecule has 0 unspecified atom stereocenters. The van der Waals surface area contributed by atoms with Gasteiger partial charge in [0.25, 0.3) is 0 Å². The number of allylic oxidation sites excluding steroid dienone is 1. The van der Waals surface area contributed by atoms with Gasteiger partial charge in [-0.05, 0) is 85.0 Å². The van der Waals surface area contributed by atoms with Gasteiger partial charge in [-0.1, -0.05) is 19.3 Å². The van der Waals surface area contributed by atoms with Crippen molar-refractivity contribution in [3.8, 4) is 0 Å². The van der Waals surface area contributed by atoms with E-state index in [1.54, 1.807) is 26.1 Å². The Labute approximate surface area is 211 Å². The fourth-order valence-electron chi connectivity index (χ4n) is 5.52. The van der Waals surface area contributed by atoms with Crippen LogP contribution in [0.25, 0.3) is 6.08 Å². The maximum Gasteiger partial charge on any atom is 0.335 e. The number of Topliss-reactive ketones (excluding diaryl/α,β-unsaturated/α-hetero) is 2. The fraction of sp³-hybridized carbons (Fsp3) is 0.414. The van der Waals surface area contributed by atoms with Crippen molar-refractivity contribution in [3.05, 3.63) is 69.0 Å². The van der Waals surface area contributed by atoms with Crippen LogP contribution >= 0.6 is 0 Å². The number of aromatic carboxylic acids is 1. The van der Waals surface area contributed by atoms with Crippen LogP contribution in [-0.4, -0.2) is 47.7 Å². The normalized spacial score (nSPS) is 16.0. The maximum absolute atomic E-state index is 14.1. The monoisotopic (exact) mass is 492 g/mol. The van der Waals surface area contributed by atoms with Gasteiger partial charge in [0.1, 0.15) is 5.82 Å². The van der Waals surface area contributed by atoms with Gasteiger partial charge in [-0.15, -0.1) is 0 Å². The summed E-state index contributed by atoms with van der Waals surface area (Å²) in [6, 6.07) is 6.34. The molecule has 2 aromatic carbocycles. The highest BCUT2D eigenvalue weighted by Crippen LogP contribution is 2.31. The van der Waals surface area contributed by atoms with E-state index in [0.29, 0.717) is 35.0 Å². The standard InChI is InChI=1S/C29H33FN2O4/c1-17-9-19(29(35)36)10-20(16-32(3)22-7-5-4-6-8-22)23(17)14-27(33)25-12-18-11-21(30)13-26(31-2)24(18)15-28(25)34/h9-13,22,31H,4-8,14-16H2,1-3H3,(H,35,36). The van der Waals surface area contributed by atoms with E-state index in [-0.39, 0.29) is 35.5 Å². The van der Waals surface area contributed by atoms with E-state index in [9.17, 15) is 23.9 Å². The second-order valence-electron chi connectivity index (χ2n) is 9.97. The number of benzene rings is 2. The Bertz CT molecular complexity index is 1240.